The molecule has 0 spiro atoms. The zero-order valence-electron chi connectivity index (χ0n) is 8.50. The summed E-state index contributed by atoms with van der Waals surface area (Å²) in [4.78, 5) is 3.91. The molecule has 0 unspecified atom stereocenters. The van der Waals surface area contributed by atoms with Crippen LogP contribution in [0.4, 0.5) is 0 Å². The van der Waals surface area contributed by atoms with Crippen LogP contribution in [-0.4, -0.2) is 16.7 Å². The molecule has 13 heavy (non-hydrogen) atoms. The fourth-order valence-electron chi connectivity index (χ4n) is 0.934. The van der Waals surface area contributed by atoms with Gasteiger partial charge in [-0.3, -0.25) is 0 Å². The average molecular weight is 183 g/mol. The van der Waals surface area contributed by atoms with Crippen molar-refractivity contribution in [2.75, 3.05) is 6.54 Å². The first-order chi connectivity index (χ1) is 6.08. The van der Waals surface area contributed by atoms with Crippen molar-refractivity contribution < 1.29 is 4.52 Å². The van der Waals surface area contributed by atoms with Gasteiger partial charge in [-0.15, -0.1) is 0 Å². The van der Waals surface area contributed by atoms with Crippen LogP contribution in [0.3, 0.4) is 0 Å². The number of nitrogens with one attached hydrogen (secondary N) is 1. The van der Waals surface area contributed by atoms with Crippen molar-refractivity contribution in [3.8, 4) is 0 Å². The molecule has 1 N–H and O–H groups in total. The lowest BCUT2D eigenvalue weighted by Crippen LogP contribution is -2.20. The van der Waals surface area contributed by atoms with Gasteiger partial charge in [0.05, 0.1) is 6.54 Å². The van der Waals surface area contributed by atoms with Gasteiger partial charge in [0.2, 0.25) is 6.39 Å². The predicted molar refractivity (Wildman–Crippen MR) is 50.1 cm³/mol. The molecule has 4 heteroatoms. The highest BCUT2D eigenvalue weighted by Gasteiger charge is 2.08. The fourth-order valence-corrected chi connectivity index (χ4v) is 0.934. The van der Waals surface area contributed by atoms with E-state index in [4.69, 9.17) is 0 Å². The molecule has 0 saturated carbocycles. The third kappa shape index (κ3) is 4.62. The molecule has 0 radical (unpaired) electrons. The predicted octanol–water partition coefficient (Wildman–Crippen LogP) is 1.60. The highest BCUT2D eigenvalue weighted by molar-refractivity contribution is 4.76. The molecule has 4 nitrogen and oxygen atoms in total. The SMILES string of the molecule is CC(C)(C)CCNCc1ncon1. The van der Waals surface area contributed by atoms with Crippen molar-refractivity contribution in [3.05, 3.63) is 12.2 Å². The third-order valence-electron chi connectivity index (χ3n) is 1.74. The molecular weight excluding hydrogens is 166 g/mol. The molecule has 0 fully saturated rings. The number of hydrogen-bond donors (Lipinski definition) is 1. The first-order valence-corrected chi connectivity index (χ1v) is 4.54. The van der Waals surface area contributed by atoms with Gasteiger partial charge in [-0.05, 0) is 18.4 Å². The maximum Gasteiger partial charge on any atom is 0.213 e. The third-order valence-corrected chi connectivity index (χ3v) is 1.74. The van der Waals surface area contributed by atoms with E-state index in [-0.39, 0.29) is 0 Å². The lowest BCUT2D eigenvalue weighted by atomic mass is 9.92. The van der Waals surface area contributed by atoms with Crippen LogP contribution in [0.25, 0.3) is 0 Å². The Bertz CT molecular complexity index is 226. The molecule has 0 aliphatic carbocycles. The van der Waals surface area contributed by atoms with Gasteiger partial charge in [0.15, 0.2) is 5.82 Å². The second-order valence-electron chi connectivity index (χ2n) is 4.33. The average Bonchev–Trinajstić information content (AvgIpc) is 2.48. The normalized spacial score (nSPS) is 11.9. The highest BCUT2D eigenvalue weighted by Crippen LogP contribution is 2.16. The smallest absolute Gasteiger partial charge is 0.213 e. The number of rotatable bonds is 4. The summed E-state index contributed by atoms with van der Waals surface area (Å²) < 4.78 is 4.61. The van der Waals surface area contributed by atoms with Crippen LogP contribution in [-0.2, 0) is 6.54 Å². The van der Waals surface area contributed by atoms with Crippen molar-refractivity contribution in [2.24, 2.45) is 5.41 Å². The molecule has 0 amide bonds. The Morgan fingerprint density at radius 1 is 1.46 bits per heavy atom. The van der Waals surface area contributed by atoms with Crippen molar-refractivity contribution in [1.82, 2.24) is 15.5 Å². The van der Waals surface area contributed by atoms with Crippen LogP contribution in [0, 0.1) is 5.41 Å². The Morgan fingerprint density at radius 2 is 2.23 bits per heavy atom. The maximum atomic E-state index is 4.61. The van der Waals surface area contributed by atoms with E-state index in [1.807, 2.05) is 0 Å². The second kappa shape index (κ2) is 4.37. The zero-order valence-corrected chi connectivity index (χ0v) is 8.50. The van der Waals surface area contributed by atoms with Crippen LogP contribution in [0.2, 0.25) is 0 Å². The van der Waals surface area contributed by atoms with Gasteiger partial charge in [0.25, 0.3) is 0 Å². The Morgan fingerprint density at radius 3 is 2.77 bits per heavy atom. The number of nitrogens with zero attached hydrogens (tertiary/aromatic N) is 2. The molecule has 1 aromatic rings. The van der Waals surface area contributed by atoms with Crippen molar-refractivity contribution in [2.45, 2.75) is 33.7 Å². The molecule has 0 atom stereocenters. The minimum atomic E-state index is 0.379. The lowest BCUT2D eigenvalue weighted by molar-refractivity contribution is 0.363. The number of aromatic nitrogens is 2. The van der Waals surface area contributed by atoms with Gasteiger partial charge >= 0.3 is 0 Å². The summed E-state index contributed by atoms with van der Waals surface area (Å²) in [6.45, 7) is 8.35. The van der Waals surface area contributed by atoms with E-state index in [9.17, 15) is 0 Å². The summed E-state index contributed by atoms with van der Waals surface area (Å²) in [6.07, 6.45) is 2.49. The van der Waals surface area contributed by atoms with Gasteiger partial charge in [0.1, 0.15) is 0 Å². The molecule has 1 rings (SSSR count). The standard InChI is InChI=1S/C9H17N3O/c1-9(2,3)4-5-10-6-8-11-7-13-12-8/h7,10H,4-6H2,1-3H3. The van der Waals surface area contributed by atoms with Gasteiger partial charge in [-0.1, -0.05) is 25.9 Å². The van der Waals surface area contributed by atoms with Crippen molar-refractivity contribution in [3.63, 3.8) is 0 Å². The molecule has 0 aromatic carbocycles. The fraction of sp³-hybridized carbons (Fsp3) is 0.778. The summed E-state index contributed by atoms with van der Waals surface area (Å²) >= 11 is 0. The Kier molecular flexibility index (Phi) is 3.42. The van der Waals surface area contributed by atoms with Gasteiger partial charge in [-0.25, -0.2) is 0 Å². The zero-order chi connectivity index (χ0) is 9.73. The lowest BCUT2D eigenvalue weighted by Gasteiger charge is -2.17. The molecule has 0 aliphatic heterocycles. The van der Waals surface area contributed by atoms with E-state index < -0.39 is 0 Å². The van der Waals surface area contributed by atoms with Crippen molar-refractivity contribution in [1.29, 1.82) is 0 Å². The Balaban J connectivity index is 2.09. The van der Waals surface area contributed by atoms with Gasteiger partial charge in [0, 0.05) is 0 Å². The summed E-state index contributed by atoms with van der Waals surface area (Å²) in [5.74, 6) is 0.717. The highest BCUT2D eigenvalue weighted by atomic mass is 16.5. The van der Waals surface area contributed by atoms with E-state index in [0.717, 1.165) is 13.0 Å². The molecule has 1 heterocycles. The van der Waals surface area contributed by atoms with Crippen molar-refractivity contribution >= 4 is 0 Å². The Labute approximate surface area is 78.7 Å². The van der Waals surface area contributed by atoms with Crippen LogP contribution < -0.4 is 5.32 Å². The van der Waals surface area contributed by atoms with Gasteiger partial charge in [-0.2, -0.15) is 4.98 Å². The first-order valence-electron chi connectivity index (χ1n) is 4.54. The monoisotopic (exact) mass is 183 g/mol. The van der Waals surface area contributed by atoms with Gasteiger partial charge < -0.3 is 9.84 Å². The van der Waals surface area contributed by atoms with Crippen LogP contribution >= 0.6 is 0 Å². The largest absolute Gasteiger partial charge is 0.343 e. The summed E-state index contributed by atoms with van der Waals surface area (Å²) in [5.41, 5.74) is 0.379. The van der Waals surface area contributed by atoms with Crippen LogP contribution in [0.5, 0.6) is 0 Å². The summed E-state index contributed by atoms with van der Waals surface area (Å²) in [6, 6.07) is 0. The van der Waals surface area contributed by atoms with Crippen LogP contribution in [0.1, 0.15) is 33.0 Å². The second-order valence-corrected chi connectivity index (χ2v) is 4.33. The number of hydrogen-bond acceptors (Lipinski definition) is 4. The van der Waals surface area contributed by atoms with E-state index in [1.54, 1.807) is 0 Å². The Hall–Kier alpha value is -0.900. The van der Waals surface area contributed by atoms with E-state index >= 15 is 0 Å². The van der Waals surface area contributed by atoms with E-state index in [1.165, 1.54) is 6.39 Å². The first kappa shape index (κ1) is 10.2. The molecule has 0 bridgehead atoms. The van der Waals surface area contributed by atoms with Crippen LogP contribution in [0.15, 0.2) is 10.9 Å². The summed E-state index contributed by atoms with van der Waals surface area (Å²) in [5, 5.41) is 6.96. The maximum absolute atomic E-state index is 4.61. The van der Waals surface area contributed by atoms with E-state index in [2.05, 4.69) is 40.8 Å². The minimum absolute atomic E-state index is 0.379. The molecule has 1 aromatic heterocycles. The molecule has 0 saturated heterocycles. The summed E-state index contributed by atoms with van der Waals surface area (Å²) in [7, 11) is 0. The molecule has 0 aliphatic rings. The minimum Gasteiger partial charge on any atom is -0.343 e. The molecule has 74 valence electrons. The molecular formula is C9H17N3O. The van der Waals surface area contributed by atoms with E-state index in [0.29, 0.717) is 17.8 Å². The quantitative estimate of drug-likeness (QED) is 0.720. The topological polar surface area (TPSA) is 51.0 Å².